The van der Waals surface area contributed by atoms with Gasteiger partial charge in [0, 0.05) is 11.6 Å². The summed E-state index contributed by atoms with van der Waals surface area (Å²) in [7, 11) is 6.16. The van der Waals surface area contributed by atoms with Gasteiger partial charge in [0.15, 0.2) is 15.8 Å². The molecule has 29 heavy (non-hydrogen) atoms. The summed E-state index contributed by atoms with van der Waals surface area (Å²) in [5, 5.41) is 0.393. The average molecular weight is 452 g/mol. The number of carbonyl (C=O) groups excluding carboxylic acids is 1. The fourth-order valence-corrected chi connectivity index (χ4v) is 4.33. The molecule has 0 atom stereocenters. The van der Waals surface area contributed by atoms with E-state index in [4.69, 9.17) is 42.8 Å². The SMILES string of the molecule is COc1ccc(N2C(=O)/C(=C\c3cc(OC)c(OC)cc3OC)SC2=S)cc1Cl. The van der Waals surface area contributed by atoms with Gasteiger partial charge in [-0.2, -0.15) is 0 Å². The number of methoxy groups -OCH3 is 4. The second-order valence-electron chi connectivity index (χ2n) is 5.79. The minimum Gasteiger partial charge on any atom is -0.496 e. The number of ether oxygens (including phenoxy) is 4. The molecule has 1 amide bonds. The maximum Gasteiger partial charge on any atom is 0.270 e. The Morgan fingerprint density at radius 3 is 2.14 bits per heavy atom. The van der Waals surface area contributed by atoms with Crippen molar-refractivity contribution < 1.29 is 23.7 Å². The quantitative estimate of drug-likeness (QED) is 0.462. The second kappa shape index (κ2) is 8.94. The van der Waals surface area contributed by atoms with E-state index in [-0.39, 0.29) is 5.91 Å². The Hall–Kier alpha value is -2.42. The number of anilines is 1. The van der Waals surface area contributed by atoms with Crippen molar-refractivity contribution in [1.29, 1.82) is 0 Å². The van der Waals surface area contributed by atoms with Crippen LogP contribution >= 0.6 is 35.6 Å². The molecule has 0 N–H and O–H groups in total. The van der Waals surface area contributed by atoms with Crippen LogP contribution in [0.1, 0.15) is 5.56 Å². The summed E-state index contributed by atoms with van der Waals surface area (Å²) < 4.78 is 21.6. The van der Waals surface area contributed by atoms with Crippen LogP contribution in [0.15, 0.2) is 35.2 Å². The van der Waals surface area contributed by atoms with E-state index in [1.807, 2.05) is 0 Å². The number of amides is 1. The summed E-state index contributed by atoms with van der Waals surface area (Å²) in [4.78, 5) is 14.9. The maximum atomic E-state index is 13.0. The minimum absolute atomic E-state index is 0.252. The Bertz CT molecular complexity index is 1010. The third-order valence-electron chi connectivity index (χ3n) is 4.21. The van der Waals surface area contributed by atoms with E-state index >= 15 is 0 Å². The van der Waals surface area contributed by atoms with Gasteiger partial charge in [-0.1, -0.05) is 35.6 Å². The van der Waals surface area contributed by atoms with Gasteiger partial charge in [0.05, 0.1) is 44.1 Å². The van der Waals surface area contributed by atoms with Crippen LogP contribution in [-0.2, 0) is 4.79 Å². The largest absolute Gasteiger partial charge is 0.496 e. The standard InChI is InChI=1S/C20H18ClNO5S2/c1-24-14-6-5-12(9-13(14)21)22-19(23)18(29-20(22)28)8-11-7-16(26-3)17(27-4)10-15(11)25-2/h5-10H,1-4H3/b18-8+. The summed E-state index contributed by atoms with van der Waals surface area (Å²) in [5.41, 5.74) is 1.24. The number of carbonyl (C=O) groups is 1. The van der Waals surface area contributed by atoms with Gasteiger partial charge in [-0.3, -0.25) is 9.69 Å². The number of hydrogen-bond acceptors (Lipinski definition) is 7. The summed E-state index contributed by atoms with van der Waals surface area (Å²) in [6.07, 6.45) is 1.71. The van der Waals surface area contributed by atoms with Crippen LogP contribution in [0.3, 0.4) is 0 Å². The van der Waals surface area contributed by atoms with Crippen LogP contribution < -0.4 is 23.8 Å². The molecular formula is C20H18ClNO5S2. The number of thiocarbonyl (C=S) groups is 1. The molecule has 1 aliphatic rings. The fraction of sp³-hybridized carbons (Fsp3) is 0.200. The molecule has 0 aliphatic carbocycles. The zero-order chi connectivity index (χ0) is 21.1. The maximum absolute atomic E-state index is 13.0. The zero-order valence-electron chi connectivity index (χ0n) is 16.1. The molecule has 1 aliphatic heterocycles. The van der Waals surface area contributed by atoms with Crippen LogP contribution in [-0.4, -0.2) is 38.7 Å². The number of thioether (sulfide) groups is 1. The second-order valence-corrected chi connectivity index (χ2v) is 7.87. The van der Waals surface area contributed by atoms with Gasteiger partial charge in [0.1, 0.15) is 11.5 Å². The van der Waals surface area contributed by atoms with Crippen molar-refractivity contribution in [3.63, 3.8) is 0 Å². The lowest BCUT2D eigenvalue weighted by atomic mass is 10.1. The highest BCUT2D eigenvalue weighted by Gasteiger charge is 2.34. The molecule has 0 spiro atoms. The molecule has 0 bridgehead atoms. The first-order chi connectivity index (χ1) is 13.9. The highest BCUT2D eigenvalue weighted by atomic mass is 35.5. The van der Waals surface area contributed by atoms with Crippen LogP contribution in [0.2, 0.25) is 5.02 Å². The zero-order valence-corrected chi connectivity index (χ0v) is 18.5. The van der Waals surface area contributed by atoms with Gasteiger partial charge in [-0.25, -0.2) is 0 Å². The third-order valence-corrected chi connectivity index (χ3v) is 5.81. The van der Waals surface area contributed by atoms with Gasteiger partial charge < -0.3 is 18.9 Å². The lowest BCUT2D eigenvalue weighted by Crippen LogP contribution is -2.27. The number of rotatable bonds is 6. The molecule has 0 radical (unpaired) electrons. The number of nitrogens with zero attached hydrogens (tertiary/aromatic N) is 1. The van der Waals surface area contributed by atoms with Crippen LogP contribution in [0.4, 0.5) is 5.69 Å². The Kier molecular flexibility index (Phi) is 6.56. The van der Waals surface area contributed by atoms with Crippen molar-refractivity contribution in [2.24, 2.45) is 0 Å². The van der Waals surface area contributed by atoms with Crippen molar-refractivity contribution in [3.8, 4) is 23.0 Å². The van der Waals surface area contributed by atoms with E-state index in [9.17, 15) is 4.79 Å². The topological polar surface area (TPSA) is 57.2 Å². The molecule has 1 heterocycles. The van der Waals surface area contributed by atoms with Crippen molar-refractivity contribution in [2.75, 3.05) is 33.3 Å². The lowest BCUT2D eigenvalue weighted by Gasteiger charge is -2.16. The van der Waals surface area contributed by atoms with E-state index < -0.39 is 0 Å². The smallest absolute Gasteiger partial charge is 0.270 e. The average Bonchev–Trinajstić information content (AvgIpc) is 3.00. The first-order valence-corrected chi connectivity index (χ1v) is 9.95. The summed E-state index contributed by atoms with van der Waals surface area (Å²) in [6, 6.07) is 8.51. The van der Waals surface area contributed by atoms with E-state index in [2.05, 4.69) is 0 Å². The molecular weight excluding hydrogens is 434 g/mol. The van der Waals surface area contributed by atoms with Crippen molar-refractivity contribution in [2.45, 2.75) is 0 Å². The number of hydrogen-bond donors (Lipinski definition) is 0. The van der Waals surface area contributed by atoms with Gasteiger partial charge in [-0.15, -0.1) is 0 Å². The molecule has 6 nitrogen and oxygen atoms in total. The molecule has 1 saturated heterocycles. The molecule has 1 fully saturated rings. The van der Waals surface area contributed by atoms with Crippen molar-refractivity contribution in [1.82, 2.24) is 0 Å². The highest BCUT2D eigenvalue weighted by molar-refractivity contribution is 8.27. The van der Waals surface area contributed by atoms with Crippen molar-refractivity contribution >= 4 is 57.6 Å². The predicted molar refractivity (Wildman–Crippen MR) is 120 cm³/mol. The monoisotopic (exact) mass is 451 g/mol. The molecule has 0 saturated carbocycles. The van der Waals surface area contributed by atoms with E-state index in [0.717, 1.165) is 0 Å². The summed E-state index contributed by atoms with van der Waals surface area (Å²) in [5.74, 6) is 1.86. The van der Waals surface area contributed by atoms with Gasteiger partial charge in [-0.05, 0) is 30.3 Å². The number of halogens is 1. The Balaban J connectivity index is 1.99. The van der Waals surface area contributed by atoms with E-state index in [0.29, 0.717) is 48.5 Å². The molecule has 0 aromatic heterocycles. The van der Waals surface area contributed by atoms with Crippen molar-refractivity contribution in [3.05, 3.63) is 45.8 Å². The molecule has 3 rings (SSSR count). The highest BCUT2D eigenvalue weighted by Crippen LogP contribution is 2.41. The van der Waals surface area contributed by atoms with Gasteiger partial charge >= 0.3 is 0 Å². The first kappa shape index (κ1) is 21.3. The van der Waals surface area contributed by atoms with Crippen LogP contribution in [0.5, 0.6) is 23.0 Å². The Morgan fingerprint density at radius 1 is 0.931 bits per heavy atom. The third kappa shape index (κ3) is 4.14. The Morgan fingerprint density at radius 2 is 1.55 bits per heavy atom. The first-order valence-electron chi connectivity index (χ1n) is 8.35. The summed E-state index contributed by atoms with van der Waals surface area (Å²) >= 11 is 12.8. The van der Waals surface area contributed by atoms with E-state index in [1.54, 1.807) is 57.7 Å². The molecule has 0 unspecified atom stereocenters. The van der Waals surface area contributed by atoms with Gasteiger partial charge in [0.25, 0.3) is 5.91 Å². The summed E-state index contributed by atoms with van der Waals surface area (Å²) in [6.45, 7) is 0. The van der Waals surface area contributed by atoms with E-state index in [1.165, 1.54) is 23.8 Å². The molecule has 152 valence electrons. The molecule has 9 heteroatoms. The molecule has 2 aromatic rings. The minimum atomic E-state index is -0.252. The van der Waals surface area contributed by atoms with Gasteiger partial charge in [0.2, 0.25) is 0 Å². The predicted octanol–water partition coefficient (Wildman–Crippen LogP) is 4.78. The number of benzene rings is 2. The van der Waals surface area contributed by atoms with Crippen LogP contribution in [0, 0.1) is 0 Å². The normalized spacial score (nSPS) is 15.1. The fourth-order valence-electron chi connectivity index (χ4n) is 2.79. The lowest BCUT2D eigenvalue weighted by molar-refractivity contribution is -0.113. The van der Waals surface area contributed by atoms with Crippen LogP contribution in [0.25, 0.3) is 6.08 Å². The molecule has 2 aromatic carbocycles. The Labute approximate surface area is 183 Å².